The molecule has 1 atom stereocenters. The van der Waals surface area contributed by atoms with Crippen molar-refractivity contribution >= 4 is 11.5 Å². The van der Waals surface area contributed by atoms with Gasteiger partial charge in [-0.1, -0.05) is 30.3 Å². The summed E-state index contributed by atoms with van der Waals surface area (Å²) in [4.78, 5) is 27.2. The molecule has 0 spiro atoms. The fraction of sp³-hybridized carbons (Fsp3) is 0.364. The van der Waals surface area contributed by atoms with Crippen molar-refractivity contribution in [3.05, 3.63) is 74.7 Å². The largest absolute Gasteiger partial charge is 0.350 e. The second-order valence-corrected chi connectivity index (χ2v) is 7.52. The van der Waals surface area contributed by atoms with Gasteiger partial charge >= 0.3 is 0 Å². The summed E-state index contributed by atoms with van der Waals surface area (Å²) < 4.78 is 0. The Kier molecular flexibility index (Phi) is 4.27. The molecule has 1 aliphatic carbocycles. The summed E-state index contributed by atoms with van der Waals surface area (Å²) in [6, 6.07) is 10.3. The van der Waals surface area contributed by atoms with Crippen LogP contribution in [0, 0.1) is 13.8 Å². The van der Waals surface area contributed by atoms with Gasteiger partial charge in [-0.15, -0.1) is 0 Å². The number of pyridine rings is 1. The van der Waals surface area contributed by atoms with E-state index in [2.05, 4.69) is 48.4 Å². The predicted octanol–water partition coefficient (Wildman–Crippen LogP) is 3.58. The topological polar surface area (TPSA) is 62.0 Å². The first-order valence-corrected chi connectivity index (χ1v) is 9.33. The van der Waals surface area contributed by atoms with Crippen LogP contribution in [-0.2, 0) is 4.79 Å². The van der Waals surface area contributed by atoms with Crippen LogP contribution >= 0.6 is 0 Å². The number of carbonyl (C=O) groups is 1. The van der Waals surface area contributed by atoms with E-state index in [4.69, 9.17) is 0 Å². The number of amides is 1. The van der Waals surface area contributed by atoms with Gasteiger partial charge in [-0.05, 0) is 61.8 Å². The lowest BCUT2D eigenvalue weighted by molar-refractivity contribution is -0.119. The SMILES string of the molecule is Cc1ccc(/C(=C/[C@H]2CCC(=O)N2)c2ccc(C3CC3)c(=O)[nH]2)cc1C. The number of aromatic nitrogens is 1. The van der Waals surface area contributed by atoms with Gasteiger partial charge in [0.05, 0.1) is 0 Å². The summed E-state index contributed by atoms with van der Waals surface area (Å²) in [5, 5.41) is 3.00. The maximum atomic E-state index is 12.5. The van der Waals surface area contributed by atoms with Gasteiger partial charge in [-0.25, -0.2) is 0 Å². The number of benzene rings is 1. The number of hydrogen-bond donors (Lipinski definition) is 2. The third kappa shape index (κ3) is 3.36. The summed E-state index contributed by atoms with van der Waals surface area (Å²) in [5.74, 6) is 0.513. The normalized spacial score (nSPS) is 20.3. The Balaban J connectivity index is 1.78. The molecule has 4 heteroatoms. The van der Waals surface area contributed by atoms with E-state index in [1.54, 1.807) is 0 Å². The highest BCUT2D eigenvalue weighted by atomic mass is 16.2. The zero-order valence-corrected chi connectivity index (χ0v) is 15.3. The number of aromatic amines is 1. The second kappa shape index (κ2) is 6.60. The molecule has 2 N–H and O–H groups in total. The molecule has 2 aliphatic rings. The minimum atomic E-state index is 0.00530. The molecule has 26 heavy (non-hydrogen) atoms. The average Bonchev–Trinajstić information content (AvgIpc) is 3.37. The lowest BCUT2D eigenvalue weighted by Crippen LogP contribution is -2.23. The van der Waals surface area contributed by atoms with E-state index in [9.17, 15) is 9.59 Å². The lowest BCUT2D eigenvalue weighted by atomic mass is 9.95. The van der Waals surface area contributed by atoms with Crippen molar-refractivity contribution < 1.29 is 4.79 Å². The summed E-state index contributed by atoms with van der Waals surface area (Å²) in [6.45, 7) is 4.18. The van der Waals surface area contributed by atoms with Gasteiger partial charge in [0.15, 0.2) is 0 Å². The highest BCUT2D eigenvalue weighted by Crippen LogP contribution is 2.38. The highest BCUT2D eigenvalue weighted by molar-refractivity contribution is 5.82. The van der Waals surface area contributed by atoms with Crippen molar-refractivity contribution in [3.8, 4) is 0 Å². The van der Waals surface area contributed by atoms with Gasteiger partial charge in [0.2, 0.25) is 5.91 Å². The Labute approximate surface area is 153 Å². The molecule has 1 aliphatic heterocycles. The van der Waals surface area contributed by atoms with Gasteiger partial charge in [0.25, 0.3) is 5.56 Å². The Morgan fingerprint density at radius 2 is 1.85 bits per heavy atom. The highest BCUT2D eigenvalue weighted by Gasteiger charge is 2.26. The lowest BCUT2D eigenvalue weighted by Gasteiger charge is -2.14. The molecule has 0 unspecified atom stereocenters. The van der Waals surface area contributed by atoms with Crippen LogP contribution in [0.5, 0.6) is 0 Å². The van der Waals surface area contributed by atoms with Crippen molar-refractivity contribution in [1.82, 2.24) is 10.3 Å². The maximum Gasteiger partial charge on any atom is 0.251 e. The van der Waals surface area contributed by atoms with Gasteiger partial charge in [-0.3, -0.25) is 9.59 Å². The zero-order chi connectivity index (χ0) is 18.3. The maximum absolute atomic E-state index is 12.5. The van der Waals surface area contributed by atoms with E-state index < -0.39 is 0 Å². The molecular weight excluding hydrogens is 324 g/mol. The van der Waals surface area contributed by atoms with Gasteiger partial charge < -0.3 is 10.3 Å². The molecule has 2 aromatic rings. The van der Waals surface area contributed by atoms with Crippen molar-refractivity contribution in [2.24, 2.45) is 0 Å². The van der Waals surface area contributed by atoms with Gasteiger partial charge in [0.1, 0.15) is 0 Å². The smallest absolute Gasteiger partial charge is 0.251 e. The molecular formula is C22H24N2O2. The number of carbonyl (C=O) groups excluding carboxylic acids is 1. The summed E-state index contributed by atoms with van der Waals surface area (Å²) in [6.07, 6.45) is 5.64. The first-order valence-electron chi connectivity index (χ1n) is 9.33. The van der Waals surface area contributed by atoms with E-state index in [1.807, 2.05) is 12.1 Å². The van der Waals surface area contributed by atoms with Crippen LogP contribution in [0.1, 0.15) is 59.5 Å². The number of nitrogens with one attached hydrogen (secondary N) is 2. The van der Waals surface area contributed by atoms with Crippen molar-refractivity contribution in [2.45, 2.75) is 51.5 Å². The molecule has 1 saturated heterocycles. The standard InChI is InChI=1S/C22H24N2O2/c1-13-3-4-16(11-14(13)2)19(12-17-7-10-21(25)23-17)20-9-8-18(15-5-6-15)22(26)24-20/h3-4,8-9,11-12,15,17H,5-7,10H2,1-2H3,(H,23,25)(H,24,26)/b19-12-/t17-/m1/s1. The Bertz CT molecular complexity index is 951. The molecule has 134 valence electrons. The Hall–Kier alpha value is -2.62. The van der Waals surface area contributed by atoms with E-state index in [0.717, 1.165) is 41.7 Å². The molecule has 2 heterocycles. The van der Waals surface area contributed by atoms with E-state index in [1.165, 1.54) is 11.1 Å². The van der Waals surface area contributed by atoms with Crippen molar-refractivity contribution in [2.75, 3.05) is 0 Å². The van der Waals surface area contributed by atoms with Crippen molar-refractivity contribution in [1.29, 1.82) is 0 Å². The van der Waals surface area contributed by atoms with Crippen LogP contribution in [0.25, 0.3) is 5.57 Å². The molecule has 4 rings (SSSR count). The van der Waals surface area contributed by atoms with Crippen LogP contribution in [0.3, 0.4) is 0 Å². The van der Waals surface area contributed by atoms with Gasteiger partial charge in [0, 0.05) is 29.3 Å². The first kappa shape index (κ1) is 16.8. The monoisotopic (exact) mass is 348 g/mol. The second-order valence-electron chi connectivity index (χ2n) is 7.52. The van der Waals surface area contributed by atoms with Crippen LogP contribution in [0.4, 0.5) is 0 Å². The molecule has 1 aromatic carbocycles. The Morgan fingerprint density at radius 1 is 1.04 bits per heavy atom. The fourth-order valence-electron chi connectivity index (χ4n) is 3.57. The average molecular weight is 348 g/mol. The minimum Gasteiger partial charge on any atom is -0.350 e. The number of H-pyrrole nitrogens is 1. The van der Waals surface area contributed by atoms with Crippen LogP contribution in [-0.4, -0.2) is 16.9 Å². The number of rotatable bonds is 4. The van der Waals surface area contributed by atoms with Crippen LogP contribution in [0.2, 0.25) is 0 Å². The third-order valence-electron chi connectivity index (χ3n) is 5.46. The van der Waals surface area contributed by atoms with Crippen molar-refractivity contribution in [3.63, 3.8) is 0 Å². The first-order chi connectivity index (χ1) is 12.5. The predicted molar refractivity (Wildman–Crippen MR) is 103 cm³/mol. The number of aryl methyl sites for hydroxylation is 2. The summed E-state index contributed by atoms with van der Waals surface area (Å²) >= 11 is 0. The molecule has 1 amide bonds. The van der Waals surface area contributed by atoms with Gasteiger partial charge in [-0.2, -0.15) is 0 Å². The number of hydrogen-bond acceptors (Lipinski definition) is 2. The van der Waals surface area contributed by atoms with E-state index >= 15 is 0 Å². The van der Waals surface area contributed by atoms with E-state index in [-0.39, 0.29) is 17.5 Å². The molecule has 1 saturated carbocycles. The summed E-state index contributed by atoms with van der Waals surface area (Å²) in [5.41, 5.74) is 6.19. The third-order valence-corrected chi connectivity index (χ3v) is 5.46. The molecule has 4 nitrogen and oxygen atoms in total. The quantitative estimate of drug-likeness (QED) is 0.887. The molecule has 2 fully saturated rings. The van der Waals surface area contributed by atoms with Crippen LogP contribution < -0.4 is 10.9 Å². The van der Waals surface area contributed by atoms with Crippen LogP contribution in [0.15, 0.2) is 41.2 Å². The molecule has 0 bridgehead atoms. The minimum absolute atomic E-state index is 0.00530. The summed E-state index contributed by atoms with van der Waals surface area (Å²) in [7, 11) is 0. The fourth-order valence-corrected chi connectivity index (χ4v) is 3.57. The molecule has 0 radical (unpaired) electrons. The Morgan fingerprint density at radius 3 is 2.46 bits per heavy atom. The molecule has 1 aromatic heterocycles. The van der Waals surface area contributed by atoms with E-state index in [0.29, 0.717) is 12.3 Å². The zero-order valence-electron chi connectivity index (χ0n) is 15.3.